The minimum Gasteiger partial charge on any atom is -0.338 e. The number of hydrogen-bond acceptors (Lipinski definition) is 2. The van der Waals surface area contributed by atoms with Crippen LogP contribution in [0.2, 0.25) is 0 Å². The van der Waals surface area contributed by atoms with Crippen molar-refractivity contribution in [2.75, 3.05) is 0 Å². The van der Waals surface area contributed by atoms with Gasteiger partial charge < -0.3 is 5.32 Å². The molecule has 2 aliphatic carbocycles. The standard InChI is InChI=1S/C11H14F2N2O/c12-11(13)3-1-2-8(6-11)9(16)15-10(7-14)4-5-10/h8H,1-6H2,(H,15,16). The molecule has 2 aliphatic rings. The first-order valence-electron chi connectivity index (χ1n) is 5.58. The maximum Gasteiger partial charge on any atom is 0.248 e. The Morgan fingerprint density at radius 3 is 2.56 bits per heavy atom. The average molecular weight is 228 g/mol. The summed E-state index contributed by atoms with van der Waals surface area (Å²) in [5, 5.41) is 11.4. The number of rotatable bonds is 2. The molecule has 1 atom stereocenters. The molecule has 0 heterocycles. The lowest BCUT2D eigenvalue weighted by Crippen LogP contribution is -2.43. The van der Waals surface area contributed by atoms with Gasteiger partial charge in [0.15, 0.2) is 0 Å². The minimum absolute atomic E-state index is 0.125. The van der Waals surface area contributed by atoms with Gasteiger partial charge in [-0.25, -0.2) is 8.78 Å². The molecule has 0 bridgehead atoms. The lowest BCUT2D eigenvalue weighted by molar-refractivity contribution is -0.132. The highest BCUT2D eigenvalue weighted by atomic mass is 19.3. The number of amides is 1. The van der Waals surface area contributed by atoms with Gasteiger partial charge >= 0.3 is 0 Å². The molecule has 0 aromatic rings. The Labute approximate surface area is 92.8 Å². The summed E-state index contributed by atoms with van der Waals surface area (Å²) in [6.45, 7) is 0. The lowest BCUT2D eigenvalue weighted by atomic mass is 9.86. The summed E-state index contributed by atoms with van der Waals surface area (Å²) < 4.78 is 26.2. The number of carbonyl (C=O) groups excluding carboxylic acids is 1. The summed E-state index contributed by atoms with van der Waals surface area (Å²) in [5.74, 6) is -3.73. The molecule has 1 amide bonds. The summed E-state index contributed by atoms with van der Waals surface area (Å²) in [6.07, 6.45) is 1.66. The second-order valence-corrected chi connectivity index (χ2v) is 4.83. The third kappa shape index (κ3) is 2.31. The number of carbonyl (C=O) groups is 1. The predicted molar refractivity (Wildman–Crippen MR) is 52.6 cm³/mol. The fraction of sp³-hybridized carbons (Fsp3) is 0.818. The first-order chi connectivity index (χ1) is 7.46. The zero-order valence-corrected chi connectivity index (χ0v) is 8.93. The summed E-state index contributed by atoms with van der Waals surface area (Å²) in [4.78, 5) is 11.7. The molecule has 0 aliphatic heterocycles. The van der Waals surface area contributed by atoms with Gasteiger partial charge in [0.25, 0.3) is 0 Å². The van der Waals surface area contributed by atoms with Crippen LogP contribution in [0.1, 0.15) is 38.5 Å². The number of hydrogen-bond donors (Lipinski definition) is 1. The second-order valence-electron chi connectivity index (χ2n) is 4.83. The highest BCUT2D eigenvalue weighted by molar-refractivity contribution is 5.80. The van der Waals surface area contributed by atoms with E-state index in [9.17, 15) is 13.6 Å². The van der Waals surface area contributed by atoms with Crippen molar-refractivity contribution < 1.29 is 13.6 Å². The molecular weight excluding hydrogens is 214 g/mol. The van der Waals surface area contributed by atoms with Gasteiger partial charge in [-0.05, 0) is 25.7 Å². The van der Waals surface area contributed by atoms with E-state index in [1.165, 1.54) is 0 Å². The molecule has 5 heteroatoms. The van der Waals surface area contributed by atoms with Crippen LogP contribution in [0.5, 0.6) is 0 Å². The number of nitrogens with one attached hydrogen (secondary N) is 1. The highest BCUT2D eigenvalue weighted by Gasteiger charge is 2.47. The fourth-order valence-electron chi connectivity index (χ4n) is 2.12. The van der Waals surface area contributed by atoms with Gasteiger partial charge in [-0.15, -0.1) is 0 Å². The second kappa shape index (κ2) is 3.69. The third-order valence-electron chi connectivity index (χ3n) is 3.34. The molecule has 1 N–H and O–H groups in total. The molecule has 0 spiro atoms. The average Bonchev–Trinajstić information content (AvgIpc) is 2.97. The molecule has 0 aromatic heterocycles. The van der Waals surface area contributed by atoms with Crippen molar-refractivity contribution in [1.82, 2.24) is 5.32 Å². The van der Waals surface area contributed by atoms with E-state index >= 15 is 0 Å². The Kier molecular flexibility index (Phi) is 2.61. The van der Waals surface area contributed by atoms with Crippen LogP contribution in [0.4, 0.5) is 8.78 Å². The van der Waals surface area contributed by atoms with Crippen LogP contribution < -0.4 is 5.32 Å². The van der Waals surface area contributed by atoms with Crippen LogP contribution in [0.3, 0.4) is 0 Å². The first kappa shape index (κ1) is 11.3. The molecule has 0 saturated heterocycles. The van der Waals surface area contributed by atoms with Crippen molar-refractivity contribution in [2.24, 2.45) is 5.92 Å². The quantitative estimate of drug-likeness (QED) is 0.785. The molecular formula is C11H14F2N2O. The van der Waals surface area contributed by atoms with Gasteiger partial charge in [-0.3, -0.25) is 4.79 Å². The van der Waals surface area contributed by atoms with E-state index in [4.69, 9.17) is 5.26 Å². The predicted octanol–water partition coefficient (Wildman–Crippen LogP) is 1.98. The number of nitriles is 1. The molecule has 16 heavy (non-hydrogen) atoms. The molecule has 2 rings (SSSR count). The third-order valence-corrected chi connectivity index (χ3v) is 3.34. The van der Waals surface area contributed by atoms with Gasteiger partial charge in [0.1, 0.15) is 5.54 Å². The van der Waals surface area contributed by atoms with Gasteiger partial charge in [0, 0.05) is 18.8 Å². The number of alkyl halides is 2. The highest BCUT2D eigenvalue weighted by Crippen LogP contribution is 2.39. The number of nitrogens with zero attached hydrogens (tertiary/aromatic N) is 1. The summed E-state index contributed by atoms with van der Waals surface area (Å²) in [7, 11) is 0. The van der Waals surface area contributed by atoms with Crippen LogP contribution >= 0.6 is 0 Å². The molecule has 2 fully saturated rings. The van der Waals surface area contributed by atoms with Crippen molar-refractivity contribution in [1.29, 1.82) is 5.26 Å². The van der Waals surface area contributed by atoms with Crippen LogP contribution in [-0.4, -0.2) is 17.4 Å². The van der Waals surface area contributed by atoms with Gasteiger partial charge in [0.2, 0.25) is 11.8 Å². The van der Waals surface area contributed by atoms with E-state index in [2.05, 4.69) is 5.32 Å². The zero-order valence-electron chi connectivity index (χ0n) is 8.93. The largest absolute Gasteiger partial charge is 0.338 e. The van der Waals surface area contributed by atoms with Crippen LogP contribution in [0.15, 0.2) is 0 Å². The van der Waals surface area contributed by atoms with Crippen molar-refractivity contribution in [3.05, 3.63) is 0 Å². The Bertz CT molecular complexity index is 344. The van der Waals surface area contributed by atoms with Crippen molar-refractivity contribution in [2.45, 2.75) is 50.0 Å². The zero-order chi connectivity index (χ0) is 11.8. The van der Waals surface area contributed by atoms with E-state index < -0.39 is 17.4 Å². The SMILES string of the molecule is N#CC1(NC(=O)C2CCCC(F)(F)C2)CC1. The summed E-state index contributed by atoms with van der Waals surface area (Å²) in [5.41, 5.74) is -0.746. The first-order valence-corrected chi connectivity index (χ1v) is 5.58. The molecule has 2 saturated carbocycles. The maximum absolute atomic E-state index is 13.1. The van der Waals surface area contributed by atoms with Gasteiger partial charge in [-0.2, -0.15) is 5.26 Å². The van der Waals surface area contributed by atoms with E-state index in [1.807, 2.05) is 6.07 Å². The Hall–Kier alpha value is -1.18. The van der Waals surface area contributed by atoms with Crippen molar-refractivity contribution in [3.63, 3.8) is 0 Å². The van der Waals surface area contributed by atoms with E-state index in [-0.39, 0.29) is 18.7 Å². The monoisotopic (exact) mass is 228 g/mol. The van der Waals surface area contributed by atoms with Crippen LogP contribution in [0.25, 0.3) is 0 Å². The van der Waals surface area contributed by atoms with E-state index in [0.717, 1.165) is 0 Å². The number of halogens is 2. The molecule has 3 nitrogen and oxygen atoms in total. The summed E-state index contributed by atoms with van der Waals surface area (Å²) in [6, 6.07) is 2.02. The Morgan fingerprint density at radius 1 is 1.38 bits per heavy atom. The van der Waals surface area contributed by atoms with E-state index in [0.29, 0.717) is 25.7 Å². The summed E-state index contributed by atoms with van der Waals surface area (Å²) >= 11 is 0. The maximum atomic E-state index is 13.1. The van der Waals surface area contributed by atoms with E-state index in [1.54, 1.807) is 0 Å². The smallest absolute Gasteiger partial charge is 0.248 e. The molecule has 1 unspecified atom stereocenters. The normalized spacial score (nSPS) is 30.2. The fourth-order valence-corrected chi connectivity index (χ4v) is 2.12. The lowest BCUT2D eigenvalue weighted by Gasteiger charge is -2.28. The topological polar surface area (TPSA) is 52.9 Å². The van der Waals surface area contributed by atoms with Crippen LogP contribution in [-0.2, 0) is 4.79 Å². The van der Waals surface area contributed by atoms with Crippen molar-refractivity contribution >= 4 is 5.91 Å². The minimum atomic E-state index is -2.72. The van der Waals surface area contributed by atoms with Gasteiger partial charge in [0.05, 0.1) is 6.07 Å². The van der Waals surface area contributed by atoms with Crippen LogP contribution in [0, 0.1) is 17.2 Å². The van der Waals surface area contributed by atoms with Gasteiger partial charge in [-0.1, -0.05) is 0 Å². The Morgan fingerprint density at radius 2 is 2.06 bits per heavy atom. The van der Waals surface area contributed by atoms with Crippen molar-refractivity contribution in [3.8, 4) is 6.07 Å². The Balaban J connectivity index is 1.93. The molecule has 88 valence electrons. The molecule has 0 radical (unpaired) electrons. The molecule has 0 aromatic carbocycles.